The molecule has 2 saturated heterocycles. The zero-order valence-electron chi connectivity index (χ0n) is 29.9. The summed E-state index contributed by atoms with van der Waals surface area (Å²) in [6.07, 6.45) is -4.69. The van der Waals surface area contributed by atoms with Crippen LogP contribution in [0.3, 0.4) is 0 Å². The quantitative estimate of drug-likeness (QED) is 0.161. The number of nitrogen functional groups attached to an aromatic ring is 1. The molecule has 2 amide bonds. The third-order valence-corrected chi connectivity index (χ3v) is 9.84. The second kappa shape index (κ2) is 16.8. The molecule has 0 unspecified atom stereocenters. The van der Waals surface area contributed by atoms with Gasteiger partial charge in [-0.05, 0) is 49.1 Å². The number of piperidine rings is 1. The van der Waals surface area contributed by atoms with Gasteiger partial charge in [-0.25, -0.2) is 24.0 Å². The van der Waals surface area contributed by atoms with Crippen LogP contribution in [0.1, 0.15) is 53.7 Å². The second-order valence-corrected chi connectivity index (χ2v) is 13.7. The first-order valence-corrected chi connectivity index (χ1v) is 18.2. The summed E-state index contributed by atoms with van der Waals surface area (Å²) in [5.41, 5.74) is 4.51. The molecule has 2 aliphatic heterocycles. The number of H-pyrrole nitrogens is 1. The van der Waals surface area contributed by atoms with E-state index in [2.05, 4.69) is 15.1 Å². The maximum absolute atomic E-state index is 14.0. The van der Waals surface area contributed by atoms with Crippen LogP contribution < -0.4 is 16.3 Å². The number of hydrogen-bond acceptors (Lipinski definition) is 10. The fraction of sp³-hybridized carbons (Fsp3) is 0.405. The summed E-state index contributed by atoms with van der Waals surface area (Å²) < 4.78 is 53.8. The van der Waals surface area contributed by atoms with Crippen molar-refractivity contribution in [3.8, 4) is 11.4 Å². The van der Waals surface area contributed by atoms with Crippen molar-refractivity contribution in [2.75, 3.05) is 56.5 Å². The van der Waals surface area contributed by atoms with E-state index in [1.54, 1.807) is 12.1 Å². The number of rotatable bonds is 10. The van der Waals surface area contributed by atoms with Crippen molar-refractivity contribution in [1.82, 2.24) is 29.5 Å². The highest BCUT2D eigenvalue weighted by molar-refractivity contribution is 6.33. The zero-order valence-corrected chi connectivity index (χ0v) is 30.7. The molecule has 0 spiro atoms. The Morgan fingerprint density at radius 3 is 2.35 bits per heavy atom. The van der Waals surface area contributed by atoms with Gasteiger partial charge in [-0.2, -0.15) is 13.2 Å². The molecule has 4 heterocycles. The van der Waals surface area contributed by atoms with Crippen LogP contribution in [0, 0.1) is 0 Å². The van der Waals surface area contributed by atoms with Gasteiger partial charge in [-0.1, -0.05) is 48.9 Å². The minimum Gasteiger partial charge on any atom is -0.462 e. The third kappa shape index (κ3) is 9.21. The number of anilines is 2. The molecule has 0 bridgehead atoms. The maximum Gasteiger partial charge on any atom is 0.418 e. The highest BCUT2D eigenvalue weighted by atomic mass is 35.5. The molecule has 4 aromatic rings. The first-order chi connectivity index (χ1) is 26.3. The zero-order chi connectivity index (χ0) is 39.3. The minimum atomic E-state index is -4.82. The number of likely N-dealkylation sites (tertiary alicyclic amines) is 1. The fourth-order valence-corrected chi connectivity index (χ4v) is 6.79. The second-order valence-electron chi connectivity index (χ2n) is 13.3. The molecular formula is C37H40ClF3N8O6. The number of esters is 1. The van der Waals surface area contributed by atoms with E-state index in [0.29, 0.717) is 56.2 Å². The van der Waals surface area contributed by atoms with Crippen molar-refractivity contribution in [3.05, 3.63) is 93.0 Å². The number of aromatic amines is 1. The van der Waals surface area contributed by atoms with Crippen molar-refractivity contribution in [2.24, 2.45) is 0 Å². The van der Waals surface area contributed by atoms with E-state index in [1.807, 2.05) is 42.2 Å². The molecule has 18 heteroatoms. The average molecular weight is 785 g/mol. The minimum absolute atomic E-state index is 0.00361. The molecule has 3 N–H and O–H groups in total. The van der Waals surface area contributed by atoms with Crippen LogP contribution in [0.4, 0.5) is 29.5 Å². The number of nitrogens with one attached hydrogen (secondary N) is 1. The summed E-state index contributed by atoms with van der Waals surface area (Å²) in [7, 11) is 0. The van der Waals surface area contributed by atoms with Crippen LogP contribution in [0.15, 0.2) is 65.6 Å². The molecular weight excluding hydrogens is 745 g/mol. The summed E-state index contributed by atoms with van der Waals surface area (Å²) in [6.45, 7) is 3.62. The number of aromatic nitrogens is 4. The number of amides is 2. The lowest BCUT2D eigenvalue weighted by molar-refractivity contribution is -0.141. The Morgan fingerprint density at radius 1 is 1.00 bits per heavy atom. The van der Waals surface area contributed by atoms with Gasteiger partial charge in [-0.3, -0.25) is 9.78 Å². The van der Waals surface area contributed by atoms with Gasteiger partial charge in [0.05, 0.1) is 34.5 Å². The highest BCUT2D eigenvalue weighted by Crippen LogP contribution is 2.38. The van der Waals surface area contributed by atoms with E-state index >= 15 is 0 Å². The normalized spacial score (nSPS) is 15.8. The van der Waals surface area contributed by atoms with Crippen LogP contribution in [-0.4, -0.2) is 99.5 Å². The standard InChI is InChI=1S/C37H40ClF3N8O6/c1-2-18-54-34(51)25-8-9-30(43-22-25)46-14-16-47(17-15-46)33(50)29(21-23-19-27(37(39,40)41)31(42)28(38)20-23)55-36(53)48-12-10-26(11-13-48)49-35(52)44-32(45-49)24-6-4-3-5-7-24/h3-9,19-20,22,26,29H,2,10-18,21,42H2,1H3,(H,44,45,52)/t29-/m1/s1. The topological polar surface area (TPSA) is 169 Å². The molecule has 0 radical (unpaired) electrons. The van der Waals surface area contributed by atoms with Crippen molar-refractivity contribution >= 4 is 41.1 Å². The van der Waals surface area contributed by atoms with Crippen molar-refractivity contribution in [1.29, 1.82) is 0 Å². The SMILES string of the molecule is CCCOC(=O)c1ccc(N2CCN(C(=O)[C@@H](Cc3cc(Cl)c(N)c(C(F)(F)F)c3)OC(=O)N3CCC(n4nc(-c5ccccc5)[nH]c4=O)CC3)CC2)nc1. The average Bonchev–Trinajstić information content (AvgIpc) is 3.59. The molecule has 2 aliphatic rings. The van der Waals surface area contributed by atoms with Gasteiger partial charge < -0.3 is 29.9 Å². The summed E-state index contributed by atoms with van der Waals surface area (Å²) >= 11 is 6.09. The molecule has 55 heavy (non-hydrogen) atoms. The Balaban J connectivity index is 1.14. The van der Waals surface area contributed by atoms with E-state index < -0.39 is 47.9 Å². The van der Waals surface area contributed by atoms with Crippen LogP contribution >= 0.6 is 11.6 Å². The smallest absolute Gasteiger partial charge is 0.418 e. The number of hydrogen-bond donors (Lipinski definition) is 2. The Kier molecular flexibility index (Phi) is 12.0. The molecule has 2 fully saturated rings. The van der Waals surface area contributed by atoms with Crippen molar-refractivity contribution in [2.45, 2.75) is 50.9 Å². The van der Waals surface area contributed by atoms with E-state index in [-0.39, 0.29) is 48.5 Å². The number of ether oxygens (including phenoxy) is 2. The van der Waals surface area contributed by atoms with E-state index in [0.717, 1.165) is 11.6 Å². The number of pyridine rings is 1. The number of carbonyl (C=O) groups excluding carboxylic acids is 3. The highest BCUT2D eigenvalue weighted by Gasteiger charge is 2.37. The van der Waals surface area contributed by atoms with Crippen LogP contribution in [0.25, 0.3) is 11.4 Å². The van der Waals surface area contributed by atoms with Crippen LogP contribution in [0.2, 0.25) is 5.02 Å². The molecule has 2 aromatic carbocycles. The van der Waals surface area contributed by atoms with Gasteiger partial charge in [0.25, 0.3) is 5.91 Å². The lowest BCUT2D eigenvalue weighted by Gasteiger charge is -2.37. The van der Waals surface area contributed by atoms with Crippen molar-refractivity contribution in [3.63, 3.8) is 0 Å². The van der Waals surface area contributed by atoms with Crippen LogP contribution in [0.5, 0.6) is 0 Å². The molecule has 6 rings (SSSR count). The van der Waals surface area contributed by atoms with Crippen molar-refractivity contribution < 1.29 is 37.0 Å². The molecule has 292 valence electrons. The fourth-order valence-electron chi connectivity index (χ4n) is 6.55. The van der Waals surface area contributed by atoms with Crippen LogP contribution in [-0.2, 0) is 26.9 Å². The Hall–Kier alpha value is -5.58. The maximum atomic E-state index is 14.0. The summed E-state index contributed by atoms with van der Waals surface area (Å²) in [4.78, 5) is 64.5. The number of nitrogens with two attached hydrogens (primary N) is 1. The van der Waals surface area contributed by atoms with E-state index in [1.165, 1.54) is 26.7 Å². The Labute approximate surface area is 318 Å². The number of alkyl halides is 3. The van der Waals surface area contributed by atoms with E-state index in [9.17, 15) is 32.3 Å². The molecule has 2 aromatic heterocycles. The molecule has 0 saturated carbocycles. The lowest BCUT2D eigenvalue weighted by Crippen LogP contribution is -2.53. The Bertz CT molecular complexity index is 2040. The van der Waals surface area contributed by atoms with Gasteiger partial charge in [-0.15, -0.1) is 5.10 Å². The number of carbonyl (C=O) groups is 3. The lowest BCUT2D eigenvalue weighted by atomic mass is 10.0. The number of piperazine rings is 1. The monoisotopic (exact) mass is 784 g/mol. The first kappa shape index (κ1) is 39.1. The van der Waals surface area contributed by atoms with Gasteiger partial charge in [0, 0.05) is 57.4 Å². The molecule has 0 aliphatic carbocycles. The Morgan fingerprint density at radius 2 is 1.71 bits per heavy atom. The van der Waals surface area contributed by atoms with Gasteiger partial charge >= 0.3 is 23.9 Å². The first-order valence-electron chi connectivity index (χ1n) is 17.8. The predicted octanol–water partition coefficient (Wildman–Crippen LogP) is 5.19. The number of nitrogens with zero attached hydrogens (tertiary/aromatic N) is 6. The largest absolute Gasteiger partial charge is 0.462 e. The summed E-state index contributed by atoms with van der Waals surface area (Å²) in [6, 6.07) is 14.2. The number of halogens is 4. The predicted molar refractivity (Wildman–Crippen MR) is 197 cm³/mol. The summed E-state index contributed by atoms with van der Waals surface area (Å²) in [5.74, 6) is -0.0701. The summed E-state index contributed by atoms with van der Waals surface area (Å²) in [5, 5.41) is 4.12. The van der Waals surface area contributed by atoms with E-state index in [4.69, 9.17) is 26.8 Å². The van der Waals surface area contributed by atoms with Gasteiger partial charge in [0.1, 0.15) is 5.82 Å². The third-order valence-electron chi connectivity index (χ3n) is 9.53. The molecule has 1 atom stereocenters. The number of benzene rings is 2. The van der Waals surface area contributed by atoms with Gasteiger partial charge in [0.2, 0.25) is 0 Å². The van der Waals surface area contributed by atoms with Gasteiger partial charge in [0.15, 0.2) is 11.9 Å². The molecule has 14 nitrogen and oxygen atoms in total.